The van der Waals surface area contributed by atoms with Gasteiger partial charge in [0.05, 0.1) is 31.4 Å². The fourth-order valence-electron chi connectivity index (χ4n) is 4.74. The van der Waals surface area contributed by atoms with Crippen LogP contribution in [0.5, 0.6) is 11.5 Å². The predicted molar refractivity (Wildman–Crippen MR) is 141 cm³/mol. The third kappa shape index (κ3) is 6.06. The molecule has 2 fully saturated rings. The summed E-state index contributed by atoms with van der Waals surface area (Å²) in [5.74, 6) is -1.35. The maximum absolute atomic E-state index is 13.5. The van der Waals surface area contributed by atoms with E-state index in [1.165, 1.54) is 29.2 Å². The van der Waals surface area contributed by atoms with Crippen molar-refractivity contribution < 1.29 is 33.3 Å². The zero-order chi connectivity index (χ0) is 27.1. The Kier molecular flexibility index (Phi) is 9.15. The molecule has 4 rings (SSSR count). The van der Waals surface area contributed by atoms with E-state index in [-0.39, 0.29) is 23.5 Å². The summed E-state index contributed by atoms with van der Waals surface area (Å²) in [7, 11) is 0. The van der Waals surface area contributed by atoms with E-state index in [2.05, 4.69) is 11.5 Å². The minimum Gasteiger partial charge on any atom is -0.507 e. The Morgan fingerprint density at radius 1 is 1.11 bits per heavy atom. The summed E-state index contributed by atoms with van der Waals surface area (Å²) < 4.78 is 30.4. The molecule has 2 aromatic carbocycles. The first-order chi connectivity index (χ1) is 18.4. The molecule has 2 heterocycles. The molecule has 1 atom stereocenters. The molecule has 202 valence electrons. The summed E-state index contributed by atoms with van der Waals surface area (Å²) in [5, 5.41) is 11.2. The van der Waals surface area contributed by atoms with Crippen molar-refractivity contribution in [1.29, 1.82) is 0 Å². The molecule has 1 N–H and O–H groups in total. The molecule has 2 aliphatic heterocycles. The van der Waals surface area contributed by atoms with Crippen LogP contribution in [0.3, 0.4) is 0 Å². The van der Waals surface area contributed by atoms with Crippen LogP contribution in [0.1, 0.15) is 30.5 Å². The van der Waals surface area contributed by atoms with Crippen LogP contribution in [0.4, 0.5) is 4.39 Å². The molecule has 0 aliphatic carbocycles. The Morgan fingerprint density at radius 3 is 2.53 bits per heavy atom. The maximum atomic E-state index is 13.5. The lowest BCUT2D eigenvalue weighted by molar-refractivity contribution is -0.140. The third-order valence-corrected chi connectivity index (χ3v) is 6.57. The van der Waals surface area contributed by atoms with Crippen molar-refractivity contribution in [2.24, 2.45) is 0 Å². The molecular formula is C29H33FN2O6. The molecular weight excluding hydrogens is 491 g/mol. The monoisotopic (exact) mass is 524 g/mol. The van der Waals surface area contributed by atoms with Gasteiger partial charge in [-0.3, -0.25) is 14.5 Å². The summed E-state index contributed by atoms with van der Waals surface area (Å²) in [6, 6.07) is 9.50. The molecule has 8 nitrogen and oxygen atoms in total. The maximum Gasteiger partial charge on any atom is 0.295 e. The number of carbonyl (C=O) groups excluding carboxylic acids is 2. The van der Waals surface area contributed by atoms with E-state index >= 15 is 0 Å². The zero-order valence-corrected chi connectivity index (χ0v) is 21.5. The summed E-state index contributed by atoms with van der Waals surface area (Å²) in [5.41, 5.74) is 0.794. The first kappa shape index (κ1) is 27.3. The Morgan fingerprint density at radius 2 is 1.84 bits per heavy atom. The molecule has 1 amide bonds. The van der Waals surface area contributed by atoms with E-state index in [0.29, 0.717) is 49.8 Å². The lowest BCUT2D eigenvalue weighted by atomic mass is 9.95. The number of nitrogens with zero attached hydrogens (tertiary/aromatic N) is 2. The largest absolute Gasteiger partial charge is 0.507 e. The number of benzene rings is 2. The Bertz CT molecular complexity index is 1190. The number of hydrogen-bond acceptors (Lipinski definition) is 7. The Balaban J connectivity index is 1.72. The van der Waals surface area contributed by atoms with Crippen molar-refractivity contribution in [1.82, 2.24) is 9.80 Å². The topological polar surface area (TPSA) is 88.5 Å². The third-order valence-electron chi connectivity index (χ3n) is 6.57. The van der Waals surface area contributed by atoms with E-state index in [1.54, 1.807) is 24.3 Å². The zero-order valence-electron chi connectivity index (χ0n) is 21.5. The number of halogens is 1. The van der Waals surface area contributed by atoms with Crippen LogP contribution in [0, 0.1) is 5.82 Å². The molecule has 0 saturated carbocycles. The minimum absolute atomic E-state index is 0.0461. The predicted octanol–water partition coefficient (Wildman–Crippen LogP) is 3.93. The Hall–Kier alpha value is -3.69. The van der Waals surface area contributed by atoms with Gasteiger partial charge in [-0.2, -0.15) is 0 Å². The number of ether oxygens (including phenoxy) is 3. The van der Waals surface area contributed by atoms with Crippen LogP contribution in [0.25, 0.3) is 5.76 Å². The highest BCUT2D eigenvalue weighted by Crippen LogP contribution is 2.42. The van der Waals surface area contributed by atoms with Gasteiger partial charge in [-0.05, 0) is 55.3 Å². The summed E-state index contributed by atoms with van der Waals surface area (Å²) in [6.07, 6.45) is 2.26. The van der Waals surface area contributed by atoms with Gasteiger partial charge in [0, 0.05) is 31.7 Å². The second kappa shape index (κ2) is 12.7. The van der Waals surface area contributed by atoms with Gasteiger partial charge < -0.3 is 24.2 Å². The smallest absolute Gasteiger partial charge is 0.295 e. The molecule has 38 heavy (non-hydrogen) atoms. The molecule has 0 spiro atoms. The molecule has 0 bridgehead atoms. The molecule has 2 aliphatic rings. The van der Waals surface area contributed by atoms with Crippen LogP contribution >= 0.6 is 0 Å². The lowest BCUT2D eigenvalue weighted by Crippen LogP contribution is -2.39. The van der Waals surface area contributed by atoms with Crippen molar-refractivity contribution in [2.75, 3.05) is 52.6 Å². The normalized spacial score (nSPS) is 19.5. The SMILES string of the molecule is C=CCOc1ccc(C2/C(=C(\O)c3ccc(F)cc3)C(=O)C(=O)N2CCCN2CCOCC2)cc1OCC. The van der Waals surface area contributed by atoms with Gasteiger partial charge in [0.2, 0.25) is 0 Å². The fourth-order valence-corrected chi connectivity index (χ4v) is 4.74. The number of ketones is 1. The molecule has 9 heteroatoms. The van der Waals surface area contributed by atoms with Gasteiger partial charge in [-0.15, -0.1) is 0 Å². The van der Waals surface area contributed by atoms with Crippen molar-refractivity contribution in [3.63, 3.8) is 0 Å². The van der Waals surface area contributed by atoms with Crippen molar-refractivity contribution in [2.45, 2.75) is 19.4 Å². The quantitative estimate of drug-likeness (QED) is 0.206. The van der Waals surface area contributed by atoms with E-state index in [0.717, 1.165) is 19.6 Å². The van der Waals surface area contributed by atoms with E-state index < -0.39 is 23.5 Å². The molecule has 0 aromatic heterocycles. The first-order valence-electron chi connectivity index (χ1n) is 12.8. The van der Waals surface area contributed by atoms with Crippen LogP contribution in [-0.2, 0) is 14.3 Å². The van der Waals surface area contributed by atoms with E-state index in [4.69, 9.17) is 14.2 Å². The number of carbonyl (C=O) groups is 2. The highest BCUT2D eigenvalue weighted by molar-refractivity contribution is 6.46. The van der Waals surface area contributed by atoms with Gasteiger partial charge in [-0.1, -0.05) is 18.7 Å². The number of likely N-dealkylation sites (tertiary alicyclic amines) is 1. The van der Waals surface area contributed by atoms with E-state index in [9.17, 15) is 19.1 Å². The Labute approximate surface area is 221 Å². The average Bonchev–Trinajstić information content (AvgIpc) is 3.18. The molecule has 0 radical (unpaired) electrons. The fraction of sp³-hybridized carbons (Fsp3) is 0.379. The van der Waals surface area contributed by atoms with Crippen LogP contribution in [-0.4, -0.2) is 79.2 Å². The summed E-state index contributed by atoms with van der Waals surface area (Å²) in [4.78, 5) is 30.3. The second-order valence-corrected chi connectivity index (χ2v) is 9.05. The van der Waals surface area contributed by atoms with Crippen LogP contribution < -0.4 is 9.47 Å². The van der Waals surface area contributed by atoms with Crippen molar-refractivity contribution >= 4 is 17.4 Å². The van der Waals surface area contributed by atoms with Gasteiger partial charge in [-0.25, -0.2) is 4.39 Å². The van der Waals surface area contributed by atoms with Gasteiger partial charge in [0.25, 0.3) is 11.7 Å². The number of morpholine rings is 1. The number of rotatable bonds is 11. The molecule has 2 aromatic rings. The molecule has 2 saturated heterocycles. The number of Topliss-reactive ketones (excluding diaryl/α,β-unsaturated/α-hetero) is 1. The highest BCUT2D eigenvalue weighted by Gasteiger charge is 2.46. The van der Waals surface area contributed by atoms with Gasteiger partial charge in [0.15, 0.2) is 11.5 Å². The summed E-state index contributed by atoms with van der Waals surface area (Å²) >= 11 is 0. The van der Waals surface area contributed by atoms with Crippen molar-refractivity contribution in [3.05, 3.63) is 77.6 Å². The highest BCUT2D eigenvalue weighted by atomic mass is 19.1. The van der Waals surface area contributed by atoms with Crippen molar-refractivity contribution in [3.8, 4) is 11.5 Å². The van der Waals surface area contributed by atoms with Gasteiger partial charge >= 0.3 is 0 Å². The number of aliphatic hydroxyl groups is 1. The summed E-state index contributed by atoms with van der Waals surface area (Å²) in [6.45, 7) is 10.2. The second-order valence-electron chi connectivity index (χ2n) is 9.05. The number of hydrogen-bond donors (Lipinski definition) is 1. The van der Waals surface area contributed by atoms with Crippen LogP contribution in [0.15, 0.2) is 60.7 Å². The van der Waals surface area contributed by atoms with Gasteiger partial charge in [0.1, 0.15) is 18.2 Å². The number of aliphatic hydroxyl groups excluding tert-OH is 1. The lowest BCUT2D eigenvalue weighted by Gasteiger charge is -2.29. The standard InChI is InChI=1S/C29H33FN2O6/c1-3-16-38-23-11-8-21(19-24(23)37-4-2)26-25(27(33)20-6-9-22(30)10-7-20)28(34)29(35)32(26)13-5-12-31-14-17-36-18-15-31/h3,6-11,19,26,33H,1,4-5,12-18H2,2H3/b27-25+. The minimum atomic E-state index is -0.850. The number of amides is 1. The van der Waals surface area contributed by atoms with E-state index in [1.807, 2.05) is 6.92 Å². The average molecular weight is 525 g/mol. The molecule has 1 unspecified atom stereocenters. The van der Waals surface area contributed by atoms with Crippen LogP contribution in [0.2, 0.25) is 0 Å². The first-order valence-corrected chi connectivity index (χ1v) is 12.8.